The average molecular weight is 232 g/mol. The molecule has 1 aromatic heterocycles. The summed E-state index contributed by atoms with van der Waals surface area (Å²) >= 11 is 1.16. The summed E-state index contributed by atoms with van der Waals surface area (Å²) in [6, 6.07) is 0. The van der Waals surface area contributed by atoms with E-state index < -0.39 is 10.0 Å². The first-order valence-electron chi connectivity index (χ1n) is 3.98. The zero-order valence-corrected chi connectivity index (χ0v) is 9.70. The molecule has 0 unspecified atom stereocenters. The van der Waals surface area contributed by atoms with Gasteiger partial charge >= 0.3 is 0 Å². The summed E-state index contributed by atoms with van der Waals surface area (Å²) < 4.78 is 25.8. The fourth-order valence-corrected chi connectivity index (χ4v) is 3.01. The third kappa shape index (κ3) is 2.90. The van der Waals surface area contributed by atoms with Crippen LogP contribution >= 0.6 is 11.3 Å². The van der Waals surface area contributed by atoms with E-state index in [0.717, 1.165) is 21.9 Å². The molecular weight excluding hydrogens is 220 g/mol. The maximum absolute atomic E-state index is 11.6. The molecule has 0 saturated carbocycles. The van der Waals surface area contributed by atoms with Crippen molar-refractivity contribution in [2.45, 2.75) is 18.1 Å². The van der Waals surface area contributed by atoms with Gasteiger partial charge in [0.25, 0.3) is 10.0 Å². The monoisotopic (exact) mass is 232 g/mol. The third-order valence-electron chi connectivity index (χ3n) is 1.43. The number of hydrogen-bond donors (Lipinski definition) is 1. The van der Waals surface area contributed by atoms with Crippen molar-refractivity contribution in [2.24, 2.45) is 0 Å². The Balaban J connectivity index is 2.81. The van der Waals surface area contributed by atoms with Crippen molar-refractivity contribution in [2.75, 3.05) is 6.54 Å². The highest BCUT2D eigenvalue weighted by Gasteiger charge is 2.15. The summed E-state index contributed by atoms with van der Waals surface area (Å²) in [5.74, 6) is 0. The normalized spacial score (nSPS) is 11.6. The molecule has 78 valence electrons. The number of aryl methyl sites for hydroxylation is 1. The Bertz CT molecular complexity index is 434. The SMILES string of the molecule is C=C(C)CNS(=O)(=O)c1cnc(C)s1. The smallest absolute Gasteiger partial charge is 0.249 e. The molecule has 1 N–H and O–H groups in total. The molecule has 0 aliphatic heterocycles. The lowest BCUT2D eigenvalue weighted by Crippen LogP contribution is -2.24. The lowest BCUT2D eigenvalue weighted by molar-refractivity contribution is 0.586. The van der Waals surface area contributed by atoms with E-state index in [4.69, 9.17) is 0 Å². The van der Waals surface area contributed by atoms with Gasteiger partial charge in [-0.2, -0.15) is 0 Å². The summed E-state index contributed by atoms with van der Waals surface area (Å²) in [4.78, 5) is 3.89. The van der Waals surface area contributed by atoms with E-state index in [0.29, 0.717) is 0 Å². The molecule has 0 aromatic carbocycles. The zero-order chi connectivity index (χ0) is 10.8. The summed E-state index contributed by atoms with van der Waals surface area (Å²) in [7, 11) is -3.39. The van der Waals surface area contributed by atoms with Crippen molar-refractivity contribution >= 4 is 21.4 Å². The van der Waals surface area contributed by atoms with Crippen LogP contribution in [0, 0.1) is 6.92 Å². The largest absolute Gasteiger partial charge is 0.251 e. The van der Waals surface area contributed by atoms with Gasteiger partial charge in [-0.3, -0.25) is 0 Å². The number of sulfonamides is 1. The van der Waals surface area contributed by atoms with Gasteiger partial charge in [0.15, 0.2) is 4.21 Å². The average Bonchev–Trinajstić information content (AvgIpc) is 2.49. The van der Waals surface area contributed by atoms with Crippen molar-refractivity contribution in [1.82, 2.24) is 9.71 Å². The van der Waals surface area contributed by atoms with Crippen LogP contribution in [0.4, 0.5) is 0 Å². The second-order valence-corrected chi connectivity index (χ2v) is 6.21. The molecule has 0 aliphatic carbocycles. The first-order chi connectivity index (χ1) is 6.42. The maximum Gasteiger partial charge on any atom is 0.251 e. The van der Waals surface area contributed by atoms with Gasteiger partial charge in [-0.05, 0) is 13.8 Å². The summed E-state index contributed by atoms with van der Waals surface area (Å²) in [6.07, 6.45) is 1.36. The molecule has 0 aliphatic rings. The zero-order valence-electron chi connectivity index (χ0n) is 8.07. The lowest BCUT2D eigenvalue weighted by Gasteiger charge is -2.02. The third-order valence-corrected chi connectivity index (χ3v) is 4.20. The topological polar surface area (TPSA) is 59.1 Å². The van der Waals surface area contributed by atoms with Crippen LogP contribution in [-0.4, -0.2) is 19.9 Å². The Kier molecular flexibility index (Phi) is 3.41. The molecule has 1 rings (SSSR count). The Labute approximate surface area is 87.7 Å². The van der Waals surface area contributed by atoms with E-state index >= 15 is 0 Å². The minimum atomic E-state index is -3.39. The van der Waals surface area contributed by atoms with E-state index in [1.165, 1.54) is 6.20 Å². The quantitative estimate of drug-likeness (QED) is 0.796. The van der Waals surface area contributed by atoms with E-state index in [2.05, 4.69) is 16.3 Å². The van der Waals surface area contributed by atoms with Crippen LogP contribution in [0.1, 0.15) is 11.9 Å². The maximum atomic E-state index is 11.6. The van der Waals surface area contributed by atoms with Crippen LogP contribution in [0.5, 0.6) is 0 Å². The first-order valence-corrected chi connectivity index (χ1v) is 6.28. The molecule has 14 heavy (non-hydrogen) atoms. The second-order valence-electron chi connectivity index (χ2n) is 2.98. The highest BCUT2D eigenvalue weighted by molar-refractivity contribution is 7.91. The predicted molar refractivity (Wildman–Crippen MR) is 56.9 cm³/mol. The Morgan fingerprint density at radius 3 is 2.79 bits per heavy atom. The van der Waals surface area contributed by atoms with Gasteiger partial charge in [0.1, 0.15) is 0 Å². The first kappa shape index (κ1) is 11.4. The van der Waals surface area contributed by atoms with Crippen LogP contribution in [0.25, 0.3) is 0 Å². The summed E-state index contributed by atoms with van der Waals surface area (Å²) in [6.45, 7) is 7.41. The molecule has 0 amide bonds. The van der Waals surface area contributed by atoms with E-state index in [9.17, 15) is 8.42 Å². The van der Waals surface area contributed by atoms with Gasteiger partial charge in [0.05, 0.1) is 11.2 Å². The Morgan fingerprint density at radius 1 is 1.71 bits per heavy atom. The number of nitrogens with one attached hydrogen (secondary N) is 1. The molecule has 4 nitrogen and oxygen atoms in total. The molecule has 0 radical (unpaired) electrons. The molecule has 0 saturated heterocycles. The molecule has 6 heteroatoms. The predicted octanol–water partition coefficient (Wildman–Crippen LogP) is 1.31. The highest BCUT2D eigenvalue weighted by atomic mass is 32.2. The van der Waals surface area contributed by atoms with Crippen molar-refractivity contribution < 1.29 is 8.42 Å². The Morgan fingerprint density at radius 2 is 2.36 bits per heavy atom. The van der Waals surface area contributed by atoms with Gasteiger partial charge < -0.3 is 0 Å². The molecule has 0 spiro atoms. The van der Waals surface area contributed by atoms with Crippen molar-refractivity contribution in [1.29, 1.82) is 0 Å². The molecular formula is C8H12N2O2S2. The van der Waals surface area contributed by atoms with Gasteiger partial charge in [-0.25, -0.2) is 18.1 Å². The molecule has 0 bridgehead atoms. The second kappa shape index (κ2) is 4.20. The van der Waals surface area contributed by atoms with Crippen molar-refractivity contribution in [3.05, 3.63) is 23.4 Å². The minimum absolute atomic E-state index is 0.247. The lowest BCUT2D eigenvalue weighted by atomic mass is 10.4. The van der Waals surface area contributed by atoms with Crippen LogP contribution < -0.4 is 4.72 Å². The van der Waals surface area contributed by atoms with Crippen LogP contribution in [0.3, 0.4) is 0 Å². The molecule has 0 atom stereocenters. The fourth-order valence-electron chi connectivity index (χ4n) is 0.755. The summed E-state index contributed by atoms with van der Waals surface area (Å²) in [5, 5.41) is 0.737. The molecule has 1 heterocycles. The van der Waals surface area contributed by atoms with Gasteiger partial charge in [-0.1, -0.05) is 12.2 Å². The number of aromatic nitrogens is 1. The van der Waals surface area contributed by atoms with Crippen molar-refractivity contribution in [3.8, 4) is 0 Å². The van der Waals surface area contributed by atoms with Crippen LogP contribution in [0.15, 0.2) is 22.6 Å². The van der Waals surface area contributed by atoms with E-state index in [-0.39, 0.29) is 10.8 Å². The Hall–Kier alpha value is -0.720. The van der Waals surface area contributed by atoms with Gasteiger partial charge in [0.2, 0.25) is 0 Å². The summed E-state index contributed by atoms with van der Waals surface area (Å²) in [5.41, 5.74) is 0.773. The highest BCUT2D eigenvalue weighted by Crippen LogP contribution is 2.17. The van der Waals surface area contributed by atoms with Gasteiger partial charge in [0, 0.05) is 6.54 Å². The van der Waals surface area contributed by atoms with Crippen LogP contribution in [-0.2, 0) is 10.0 Å². The van der Waals surface area contributed by atoms with E-state index in [1.807, 2.05) is 0 Å². The molecule has 0 fully saturated rings. The van der Waals surface area contributed by atoms with Gasteiger partial charge in [-0.15, -0.1) is 11.3 Å². The number of thiazole rings is 1. The fraction of sp³-hybridized carbons (Fsp3) is 0.375. The van der Waals surface area contributed by atoms with Crippen molar-refractivity contribution in [3.63, 3.8) is 0 Å². The minimum Gasteiger partial charge on any atom is -0.249 e. The standard InChI is InChI=1S/C8H12N2O2S2/c1-6(2)4-10-14(11,12)8-5-9-7(3)13-8/h5,10H,1,4H2,2-3H3. The van der Waals surface area contributed by atoms with Crippen LogP contribution in [0.2, 0.25) is 0 Å². The number of rotatable bonds is 4. The number of nitrogens with zero attached hydrogens (tertiary/aromatic N) is 1. The number of hydrogen-bond acceptors (Lipinski definition) is 4. The molecule has 1 aromatic rings. The van der Waals surface area contributed by atoms with E-state index in [1.54, 1.807) is 13.8 Å².